The standard InChI is InChI=1S/C16H12F10O4/c1-12(2,3)7-4-5-8(29-10(27)13(17,18)15(21,22)23)9(6-7)30-11(28)14(19,20)16(24,25)26/h4-6H,1-3H3. The number of carbonyl (C=O) groups is 2. The molecule has 1 aromatic carbocycles. The van der Waals surface area contributed by atoms with Gasteiger partial charge in [0.05, 0.1) is 0 Å². The van der Waals surface area contributed by atoms with Crippen LogP contribution in [0.5, 0.6) is 11.5 Å². The summed E-state index contributed by atoms with van der Waals surface area (Å²) in [5, 5.41) is 0. The van der Waals surface area contributed by atoms with E-state index in [9.17, 15) is 53.5 Å². The SMILES string of the molecule is CC(C)(C)c1ccc(OC(=O)C(F)(F)C(F)(F)F)c(OC(=O)C(F)(F)C(F)(F)F)c1. The molecule has 1 aromatic rings. The van der Waals surface area contributed by atoms with Crippen LogP contribution < -0.4 is 9.47 Å². The van der Waals surface area contributed by atoms with Gasteiger partial charge < -0.3 is 9.47 Å². The molecule has 0 N–H and O–H groups in total. The average Bonchev–Trinajstić information content (AvgIpc) is 2.52. The van der Waals surface area contributed by atoms with Gasteiger partial charge in [-0.25, -0.2) is 9.59 Å². The van der Waals surface area contributed by atoms with Crippen LogP contribution in [0.1, 0.15) is 26.3 Å². The van der Waals surface area contributed by atoms with Gasteiger partial charge in [0.2, 0.25) is 0 Å². The highest BCUT2D eigenvalue weighted by Crippen LogP contribution is 2.41. The molecule has 0 amide bonds. The van der Waals surface area contributed by atoms with Crippen LogP contribution in [0.2, 0.25) is 0 Å². The summed E-state index contributed by atoms with van der Waals surface area (Å²) in [7, 11) is 0. The van der Waals surface area contributed by atoms with Gasteiger partial charge in [0, 0.05) is 0 Å². The lowest BCUT2D eigenvalue weighted by atomic mass is 9.87. The summed E-state index contributed by atoms with van der Waals surface area (Å²) in [4.78, 5) is 22.5. The Bertz CT molecular complexity index is 819. The highest BCUT2D eigenvalue weighted by molar-refractivity contribution is 5.84. The first-order valence-corrected chi connectivity index (χ1v) is 7.60. The van der Waals surface area contributed by atoms with E-state index in [0.717, 1.165) is 6.07 Å². The first-order chi connectivity index (χ1) is 13.1. The zero-order chi connectivity index (χ0) is 23.9. The van der Waals surface area contributed by atoms with E-state index < -0.39 is 53.1 Å². The van der Waals surface area contributed by atoms with Crippen molar-refractivity contribution in [2.45, 2.75) is 50.4 Å². The van der Waals surface area contributed by atoms with E-state index in [0.29, 0.717) is 12.1 Å². The van der Waals surface area contributed by atoms with Gasteiger partial charge in [0.1, 0.15) is 0 Å². The monoisotopic (exact) mass is 458 g/mol. The summed E-state index contributed by atoms with van der Waals surface area (Å²) in [6.45, 7) is 4.46. The minimum absolute atomic E-state index is 0.0583. The molecule has 0 saturated heterocycles. The number of hydrogen-bond acceptors (Lipinski definition) is 4. The Morgan fingerprint density at radius 1 is 0.667 bits per heavy atom. The highest BCUT2D eigenvalue weighted by Gasteiger charge is 2.66. The average molecular weight is 458 g/mol. The Hall–Kier alpha value is -2.54. The number of hydrogen-bond donors (Lipinski definition) is 0. The second kappa shape index (κ2) is 7.61. The summed E-state index contributed by atoms with van der Waals surface area (Å²) >= 11 is 0. The summed E-state index contributed by atoms with van der Waals surface area (Å²) in [5.74, 6) is -21.4. The molecule has 1 rings (SSSR count). The number of benzene rings is 1. The van der Waals surface area contributed by atoms with Crippen LogP contribution in [-0.2, 0) is 15.0 Å². The minimum atomic E-state index is -6.40. The van der Waals surface area contributed by atoms with E-state index in [-0.39, 0.29) is 5.56 Å². The van der Waals surface area contributed by atoms with Gasteiger partial charge in [-0.05, 0) is 23.1 Å². The lowest BCUT2D eigenvalue weighted by Gasteiger charge is -2.23. The molecule has 0 aromatic heterocycles. The van der Waals surface area contributed by atoms with E-state index in [2.05, 4.69) is 9.47 Å². The second-order valence-corrected chi connectivity index (χ2v) is 6.83. The lowest BCUT2D eigenvalue weighted by molar-refractivity contribution is -0.277. The summed E-state index contributed by atoms with van der Waals surface area (Å²) < 4.78 is 134. The van der Waals surface area contributed by atoms with E-state index in [1.54, 1.807) is 0 Å². The molecule has 0 fully saturated rings. The van der Waals surface area contributed by atoms with E-state index in [4.69, 9.17) is 0 Å². The number of ether oxygens (including phenoxy) is 2. The fourth-order valence-electron chi connectivity index (χ4n) is 1.70. The minimum Gasteiger partial charge on any atom is -0.418 e. The van der Waals surface area contributed by atoms with Gasteiger partial charge in [0.25, 0.3) is 0 Å². The van der Waals surface area contributed by atoms with Crippen molar-refractivity contribution in [2.24, 2.45) is 0 Å². The molecule has 0 unspecified atom stereocenters. The van der Waals surface area contributed by atoms with Crippen molar-refractivity contribution in [1.82, 2.24) is 0 Å². The topological polar surface area (TPSA) is 52.6 Å². The molecule has 0 aliphatic rings. The Morgan fingerprint density at radius 2 is 1.03 bits per heavy atom. The van der Waals surface area contributed by atoms with Gasteiger partial charge >= 0.3 is 36.1 Å². The molecule has 0 aliphatic carbocycles. The maximum atomic E-state index is 13.1. The Balaban J connectivity index is 3.42. The zero-order valence-corrected chi connectivity index (χ0v) is 15.1. The molecule has 14 heteroatoms. The number of halogens is 10. The van der Waals surface area contributed by atoms with Crippen molar-refractivity contribution in [1.29, 1.82) is 0 Å². The Morgan fingerprint density at radius 3 is 1.37 bits per heavy atom. The first kappa shape index (κ1) is 25.5. The molecule has 0 saturated carbocycles. The fraction of sp³-hybridized carbons (Fsp3) is 0.500. The van der Waals surface area contributed by atoms with E-state index in [1.165, 1.54) is 20.8 Å². The van der Waals surface area contributed by atoms with Gasteiger partial charge in [0.15, 0.2) is 11.5 Å². The van der Waals surface area contributed by atoms with Gasteiger partial charge in [-0.3, -0.25) is 0 Å². The second-order valence-electron chi connectivity index (χ2n) is 6.83. The van der Waals surface area contributed by atoms with Crippen LogP contribution in [-0.4, -0.2) is 36.1 Å². The third-order valence-electron chi connectivity index (χ3n) is 3.44. The van der Waals surface area contributed by atoms with Crippen molar-refractivity contribution in [2.75, 3.05) is 0 Å². The number of esters is 2. The van der Waals surface area contributed by atoms with Crippen LogP contribution in [0.3, 0.4) is 0 Å². The zero-order valence-electron chi connectivity index (χ0n) is 15.1. The summed E-state index contributed by atoms with van der Waals surface area (Å²) in [6, 6.07) is 2.06. The molecule has 30 heavy (non-hydrogen) atoms. The maximum absolute atomic E-state index is 13.1. The normalized spacial score (nSPS) is 13.8. The van der Waals surface area contributed by atoms with Crippen LogP contribution in [0, 0.1) is 0 Å². The number of carbonyl (C=O) groups excluding carboxylic acids is 2. The maximum Gasteiger partial charge on any atom is 0.465 e. The van der Waals surface area contributed by atoms with Crippen molar-refractivity contribution >= 4 is 11.9 Å². The molecule has 0 aliphatic heterocycles. The molecule has 0 atom stereocenters. The Kier molecular flexibility index (Phi) is 6.47. The number of alkyl halides is 10. The Labute approximate surface area is 161 Å². The first-order valence-electron chi connectivity index (χ1n) is 7.60. The van der Waals surface area contributed by atoms with E-state index in [1.807, 2.05) is 0 Å². The predicted molar refractivity (Wildman–Crippen MR) is 78.4 cm³/mol. The third-order valence-corrected chi connectivity index (χ3v) is 3.44. The quantitative estimate of drug-likeness (QED) is 0.354. The van der Waals surface area contributed by atoms with Gasteiger partial charge in [-0.1, -0.05) is 26.8 Å². The molecule has 0 spiro atoms. The molecule has 0 heterocycles. The van der Waals surface area contributed by atoms with Gasteiger partial charge in [-0.2, -0.15) is 43.9 Å². The van der Waals surface area contributed by atoms with Crippen LogP contribution in [0.4, 0.5) is 43.9 Å². The largest absolute Gasteiger partial charge is 0.465 e. The molecule has 0 radical (unpaired) electrons. The smallest absolute Gasteiger partial charge is 0.418 e. The third kappa shape index (κ3) is 5.14. The predicted octanol–water partition coefficient (Wildman–Crippen LogP) is 5.19. The molecule has 4 nitrogen and oxygen atoms in total. The van der Waals surface area contributed by atoms with Crippen molar-refractivity contribution in [3.05, 3.63) is 23.8 Å². The molecular formula is C16H12F10O4. The summed E-state index contributed by atoms with van der Waals surface area (Å²) in [6.07, 6.45) is -12.8. The number of rotatable bonds is 4. The van der Waals surface area contributed by atoms with Crippen LogP contribution in [0.15, 0.2) is 18.2 Å². The van der Waals surface area contributed by atoms with Crippen molar-refractivity contribution in [3.63, 3.8) is 0 Å². The van der Waals surface area contributed by atoms with Crippen LogP contribution >= 0.6 is 0 Å². The van der Waals surface area contributed by atoms with Gasteiger partial charge in [-0.15, -0.1) is 0 Å². The summed E-state index contributed by atoms with van der Waals surface area (Å²) in [5.41, 5.74) is -0.824. The lowest BCUT2D eigenvalue weighted by Crippen LogP contribution is -2.47. The van der Waals surface area contributed by atoms with Crippen molar-refractivity contribution in [3.8, 4) is 11.5 Å². The highest BCUT2D eigenvalue weighted by atomic mass is 19.4. The molecular weight excluding hydrogens is 446 g/mol. The fourth-order valence-corrected chi connectivity index (χ4v) is 1.70. The molecule has 0 bridgehead atoms. The molecule has 170 valence electrons. The van der Waals surface area contributed by atoms with E-state index >= 15 is 0 Å². The van der Waals surface area contributed by atoms with Crippen LogP contribution in [0.25, 0.3) is 0 Å². The van der Waals surface area contributed by atoms with Crippen molar-refractivity contribution < 1.29 is 63.0 Å².